The van der Waals surface area contributed by atoms with Gasteiger partial charge in [0.15, 0.2) is 17.5 Å². The van der Waals surface area contributed by atoms with E-state index < -0.39 is 0 Å². The SMILES string of the molecule is COc1ccc(CN=C(NCCc2cccs2)Nc2ccc3c(c2)OCCCO3)cn1. The van der Waals surface area contributed by atoms with Crippen LogP contribution >= 0.6 is 11.3 Å². The van der Waals surface area contributed by atoms with Crippen molar-refractivity contribution in [3.63, 3.8) is 0 Å². The quantitative estimate of drug-likeness (QED) is 0.427. The summed E-state index contributed by atoms with van der Waals surface area (Å²) in [5, 5.41) is 8.90. The fourth-order valence-electron chi connectivity index (χ4n) is 3.07. The first kappa shape index (κ1) is 21.0. The van der Waals surface area contributed by atoms with Crippen molar-refractivity contribution < 1.29 is 14.2 Å². The Morgan fingerprint density at radius 2 is 2.06 bits per heavy atom. The zero-order chi connectivity index (χ0) is 21.3. The monoisotopic (exact) mass is 438 g/mol. The molecule has 0 unspecified atom stereocenters. The van der Waals surface area contributed by atoms with Gasteiger partial charge in [-0.05, 0) is 35.6 Å². The Bertz CT molecular complexity index is 991. The van der Waals surface area contributed by atoms with Gasteiger partial charge in [-0.3, -0.25) is 0 Å². The maximum atomic E-state index is 5.81. The molecule has 0 saturated heterocycles. The van der Waals surface area contributed by atoms with E-state index in [9.17, 15) is 0 Å². The topological polar surface area (TPSA) is 77.0 Å². The number of anilines is 1. The van der Waals surface area contributed by atoms with Gasteiger partial charge < -0.3 is 24.8 Å². The largest absolute Gasteiger partial charge is 0.490 e. The molecule has 1 aliphatic heterocycles. The number of rotatable bonds is 7. The average Bonchev–Trinajstić information content (AvgIpc) is 3.21. The molecule has 1 aromatic carbocycles. The Morgan fingerprint density at radius 3 is 2.84 bits per heavy atom. The van der Waals surface area contributed by atoms with E-state index in [0.717, 1.165) is 42.1 Å². The van der Waals surface area contributed by atoms with Crippen LogP contribution in [0.4, 0.5) is 5.69 Å². The van der Waals surface area contributed by atoms with E-state index in [4.69, 9.17) is 19.2 Å². The molecular weight excluding hydrogens is 412 g/mol. The summed E-state index contributed by atoms with van der Waals surface area (Å²) in [4.78, 5) is 10.3. The molecule has 4 rings (SSSR count). The van der Waals surface area contributed by atoms with Gasteiger partial charge in [0.25, 0.3) is 0 Å². The van der Waals surface area contributed by atoms with E-state index in [1.807, 2.05) is 30.3 Å². The third-order valence-corrected chi connectivity index (χ3v) is 5.62. The number of fused-ring (bicyclic) bond motifs is 1. The smallest absolute Gasteiger partial charge is 0.212 e. The van der Waals surface area contributed by atoms with E-state index in [2.05, 4.69) is 33.1 Å². The zero-order valence-corrected chi connectivity index (χ0v) is 18.3. The minimum Gasteiger partial charge on any atom is -0.490 e. The Kier molecular flexibility index (Phi) is 7.23. The summed E-state index contributed by atoms with van der Waals surface area (Å²) >= 11 is 1.76. The van der Waals surface area contributed by atoms with E-state index in [0.29, 0.717) is 31.6 Å². The molecule has 3 aromatic rings. The van der Waals surface area contributed by atoms with Crippen LogP contribution < -0.4 is 24.8 Å². The number of benzene rings is 1. The lowest BCUT2D eigenvalue weighted by Gasteiger charge is -2.14. The van der Waals surface area contributed by atoms with Crippen LogP contribution in [-0.2, 0) is 13.0 Å². The Morgan fingerprint density at radius 1 is 1.16 bits per heavy atom. The molecule has 31 heavy (non-hydrogen) atoms. The summed E-state index contributed by atoms with van der Waals surface area (Å²) in [5.74, 6) is 2.81. The second-order valence-electron chi connectivity index (χ2n) is 6.97. The van der Waals surface area contributed by atoms with Gasteiger partial charge in [0.05, 0.1) is 26.9 Å². The molecule has 2 aromatic heterocycles. The van der Waals surface area contributed by atoms with Gasteiger partial charge >= 0.3 is 0 Å². The van der Waals surface area contributed by atoms with Crippen molar-refractivity contribution in [2.45, 2.75) is 19.4 Å². The van der Waals surface area contributed by atoms with Gasteiger partial charge in [0, 0.05) is 41.9 Å². The minimum atomic E-state index is 0.496. The van der Waals surface area contributed by atoms with Crippen LogP contribution in [0.3, 0.4) is 0 Å². The van der Waals surface area contributed by atoms with Crippen molar-refractivity contribution >= 4 is 23.0 Å². The van der Waals surface area contributed by atoms with Crippen LogP contribution in [0.15, 0.2) is 59.0 Å². The number of hydrogen-bond donors (Lipinski definition) is 2. The van der Waals surface area contributed by atoms with Crippen LogP contribution in [0.2, 0.25) is 0 Å². The van der Waals surface area contributed by atoms with Gasteiger partial charge in [-0.25, -0.2) is 9.98 Å². The van der Waals surface area contributed by atoms with E-state index in [1.54, 1.807) is 24.6 Å². The fourth-order valence-corrected chi connectivity index (χ4v) is 3.78. The van der Waals surface area contributed by atoms with Crippen molar-refractivity contribution in [3.05, 3.63) is 64.5 Å². The Balaban J connectivity index is 1.46. The molecule has 0 amide bonds. The summed E-state index contributed by atoms with van der Waals surface area (Å²) in [6, 6.07) is 13.9. The number of nitrogens with one attached hydrogen (secondary N) is 2. The van der Waals surface area contributed by atoms with Gasteiger partial charge in [0.2, 0.25) is 5.88 Å². The number of hydrogen-bond acceptors (Lipinski definition) is 6. The molecule has 0 saturated carbocycles. The predicted octanol–water partition coefficient (Wildman–Crippen LogP) is 4.11. The van der Waals surface area contributed by atoms with Crippen molar-refractivity contribution in [2.75, 3.05) is 32.2 Å². The van der Waals surface area contributed by atoms with Gasteiger partial charge in [-0.2, -0.15) is 0 Å². The second kappa shape index (κ2) is 10.7. The van der Waals surface area contributed by atoms with Crippen molar-refractivity contribution in [1.82, 2.24) is 10.3 Å². The van der Waals surface area contributed by atoms with E-state index in [-0.39, 0.29) is 0 Å². The zero-order valence-electron chi connectivity index (χ0n) is 17.5. The number of aliphatic imine (C=N–C) groups is 1. The molecule has 8 heteroatoms. The number of guanidine groups is 1. The summed E-state index contributed by atoms with van der Waals surface area (Å²) in [6.45, 7) is 2.60. The lowest BCUT2D eigenvalue weighted by molar-refractivity contribution is 0.297. The molecule has 1 aliphatic rings. The lowest BCUT2D eigenvalue weighted by atomic mass is 10.2. The number of ether oxygens (including phenoxy) is 3. The third-order valence-electron chi connectivity index (χ3n) is 4.68. The Hall–Kier alpha value is -3.26. The molecule has 162 valence electrons. The Labute approximate surface area is 186 Å². The van der Waals surface area contributed by atoms with Crippen molar-refractivity contribution in [3.8, 4) is 17.4 Å². The molecule has 0 atom stereocenters. The third kappa shape index (κ3) is 6.11. The van der Waals surface area contributed by atoms with Gasteiger partial charge in [-0.1, -0.05) is 12.1 Å². The first-order valence-electron chi connectivity index (χ1n) is 10.3. The first-order valence-corrected chi connectivity index (χ1v) is 11.1. The highest BCUT2D eigenvalue weighted by Crippen LogP contribution is 2.32. The molecule has 3 heterocycles. The molecule has 7 nitrogen and oxygen atoms in total. The number of aromatic nitrogens is 1. The lowest BCUT2D eigenvalue weighted by Crippen LogP contribution is -2.32. The molecular formula is C23H26N4O3S. The molecule has 0 bridgehead atoms. The van der Waals surface area contributed by atoms with Gasteiger partial charge in [0.1, 0.15) is 0 Å². The average molecular weight is 439 g/mol. The number of pyridine rings is 1. The predicted molar refractivity (Wildman–Crippen MR) is 124 cm³/mol. The summed E-state index contributed by atoms with van der Waals surface area (Å²) < 4.78 is 16.7. The number of methoxy groups -OCH3 is 1. The maximum absolute atomic E-state index is 5.81. The van der Waals surface area contributed by atoms with Crippen LogP contribution in [0, 0.1) is 0 Å². The number of thiophene rings is 1. The van der Waals surface area contributed by atoms with Crippen molar-refractivity contribution in [2.24, 2.45) is 4.99 Å². The summed E-state index contributed by atoms with van der Waals surface area (Å²) in [6.07, 6.45) is 3.59. The molecule has 2 N–H and O–H groups in total. The van der Waals surface area contributed by atoms with Crippen LogP contribution in [0.5, 0.6) is 17.4 Å². The number of nitrogens with zero attached hydrogens (tertiary/aromatic N) is 2. The highest BCUT2D eigenvalue weighted by molar-refractivity contribution is 7.09. The van der Waals surface area contributed by atoms with Crippen molar-refractivity contribution in [1.29, 1.82) is 0 Å². The highest BCUT2D eigenvalue weighted by atomic mass is 32.1. The fraction of sp³-hybridized carbons (Fsp3) is 0.304. The highest BCUT2D eigenvalue weighted by Gasteiger charge is 2.11. The first-order chi connectivity index (χ1) is 15.3. The molecule has 0 spiro atoms. The van der Waals surface area contributed by atoms with Gasteiger partial charge in [-0.15, -0.1) is 11.3 Å². The van der Waals surface area contributed by atoms with Crippen LogP contribution in [0.25, 0.3) is 0 Å². The molecule has 0 aliphatic carbocycles. The molecule has 0 fully saturated rings. The van der Waals surface area contributed by atoms with E-state index >= 15 is 0 Å². The van der Waals surface area contributed by atoms with Crippen LogP contribution in [0.1, 0.15) is 16.9 Å². The maximum Gasteiger partial charge on any atom is 0.212 e. The minimum absolute atomic E-state index is 0.496. The standard InChI is InChI=1S/C23H26N4O3S/c1-28-22-8-5-17(15-25-22)16-26-23(24-10-9-19-4-2-13-31-19)27-18-6-7-20-21(14-18)30-12-3-11-29-20/h2,4-8,13-15H,3,9-12,16H2,1H3,(H2,24,26,27). The molecule has 0 radical (unpaired) electrons. The summed E-state index contributed by atoms with van der Waals surface area (Å²) in [7, 11) is 1.61. The normalized spacial score (nSPS) is 13.4. The van der Waals surface area contributed by atoms with E-state index in [1.165, 1.54) is 4.88 Å². The van der Waals surface area contributed by atoms with Crippen LogP contribution in [-0.4, -0.2) is 37.8 Å². The summed E-state index contributed by atoms with van der Waals surface area (Å²) in [5.41, 5.74) is 1.89. The second-order valence-corrected chi connectivity index (χ2v) is 8.00.